The SMILES string of the molecule is Cc1ccccc1-c1cc(-c2ccc3cc(C4CCCC4)ccc3c2)c(C2CCCCC2)c[n+]1C. The van der Waals surface area contributed by atoms with Crippen molar-refractivity contribution in [2.24, 2.45) is 7.05 Å². The molecule has 0 atom stereocenters. The van der Waals surface area contributed by atoms with E-state index in [0.29, 0.717) is 5.92 Å². The minimum absolute atomic E-state index is 0.663. The van der Waals surface area contributed by atoms with Crippen LogP contribution in [-0.4, -0.2) is 0 Å². The zero-order chi connectivity index (χ0) is 23.8. The van der Waals surface area contributed by atoms with E-state index in [0.717, 1.165) is 5.92 Å². The van der Waals surface area contributed by atoms with Gasteiger partial charge in [-0.25, -0.2) is 4.57 Å². The number of hydrogen-bond donors (Lipinski definition) is 0. The normalized spacial score (nSPS) is 17.3. The summed E-state index contributed by atoms with van der Waals surface area (Å²) in [4.78, 5) is 0. The van der Waals surface area contributed by atoms with Gasteiger partial charge in [0.1, 0.15) is 7.05 Å². The van der Waals surface area contributed by atoms with Gasteiger partial charge in [0, 0.05) is 17.2 Å². The van der Waals surface area contributed by atoms with E-state index < -0.39 is 0 Å². The van der Waals surface area contributed by atoms with Crippen molar-refractivity contribution in [2.45, 2.75) is 76.5 Å². The predicted octanol–water partition coefficient (Wildman–Crippen LogP) is 9.01. The number of fused-ring (bicyclic) bond motifs is 1. The van der Waals surface area contributed by atoms with E-state index >= 15 is 0 Å². The third-order valence-corrected chi connectivity index (χ3v) is 8.77. The summed E-state index contributed by atoms with van der Waals surface area (Å²) in [5, 5.41) is 2.75. The van der Waals surface area contributed by atoms with Crippen LogP contribution in [0, 0.1) is 6.92 Å². The monoisotopic (exact) mass is 460 g/mol. The van der Waals surface area contributed by atoms with Crippen molar-refractivity contribution in [2.75, 3.05) is 0 Å². The molecular weight excluding hydrogens is 422 g/mol. The Labute approximate surface area is 210 Å². The Bertz CT molecular complexity index is 1350. The molecule has 1 nitrogen and oxygen atoms in total. The van der Waals surface area contributed by atoms with Crippen LogP contribution in [0.2, 0.25) is 0 Å². The van der Waals surface area contributed by atoms with Crippen LogP contribution in [0.15, 0.2) is 72.9 Å². The van der Waals surface area contributed by atoms with Crippen LogP contribution >= 0.6 is 0 Å². The van der Waals surface area contributed by atoms with E-state index in [2.05, 4.69) is 91.5 Å². The van der Waals surface area contributed by atoms with Gasteiger partial charge in [0.05, 0.1) is 0 Å². The molecule has 0 spiro atoms. The summed E-state index contributed by atoms with van der Waals surface area (Å²) in [6.45, 7) is 2.22. The van der Waals surface area contributed by atoms with Gasteiger partial charge < -0.3 is 0 Å². The third-order valence-electron chi connectivity index (χ3n) is 8.77. The van der Waals surface area contributed by atoms with Gasteiger partial charge in [-0.3, -0.25) is 0 Å². The van der Waals surface area contributed by atoms with Gasteiger partial charge in [0.25, 0.3) is 0 Å². The summed E-state index contributed by atoms with van der Waals surface area (Å²) in [6.07, 6.45) is 14.7. The lowest BCUT2D eigenvalue weighted by molar-refractivity contribution is -0.660. The maximum atomic E-state index is 2.47. The van der Waals surface area contributed by atoms with Crippen LogP contribution < -0.4 is 4.57 Å². The molecule has 0 N–H and O–H groups in total. The van der Waals surface area contributed by atoms with Crippen LogP contribution in [-0.2, 0) is 7.05 Å². The van der Waals surface area contributed by atoms with E-state index in [-0.39, 0.29) is 0 Å². The molecule has 6 rings (SSSR count). The van der Waals surface area contributed by atoms with Crippen molar-refractivity contribution in [3.8, 4) is 22.4 Å². The zero-order valence-electron chi connectivity index (χ0n) is 21.4. The van der Waals surface area contributed by atoms with Gasteiger partial charge in [-0.2, -0.15) is 0 Å². The van der Waals surface area contributed by atoms with Gasteiger partial charge in [-0.15, -0.1) is 0 Å². The highest BCUT2D eigenvalue weighted by Gasteiger charge is 2.25. The maximum Gasteiger partial charge on any atom is 0.213 e. The fourth-order valence-electron chi connectivity index (χ4n) is 6.73. The molecule has 2 fully saturated rings. The molecule has 0 bridgehead atoms. The average molecular weight is 461 g/mol. The predicted molar refractivity (Wildman–Crippen MR) is 148 cm³/mol. The molecule has 0 aliphatic heterocycles. The first-order valence-electron chi connectivity index (χ1n) is 13.8. The Morgan fingerprint density at radius 2 is 1.34 bits per heavy atom. The van der Waals surface area contributed by atoms with Crippen molar-refractivity contribution in [3.05, 3.63) is 89.6 Å². The smallest absolute Gasteiger partial charge is 0.201 e. The van der Waals surface area contributed by atoms with Crippen LogP contribution in [0.3, 0.4) is 0 Å². The number of pyridine rings is 1. The highest BCUT2D eigenvalue weighted by Crippen LogP contribution is 2.40. The lowest BCUT2D eigenvalue weighted by Crippen LogP contribution is -2.32. The third kappa shape index (κ3) is 4.42. The number of benzene rings is 3. The average Bonchev–Trinajstić information content (AvgIpc) is 3.44. The molecule has 1 aromatic heterocycles. The molecular formula is C34H38N+. The Morgan fingerprint density at radius 3 is 2.14 bits per heavy atom. The summed E-state index contributed by atoms with van der Waals surface area (Å²) in [5.41, 5.74) is 9.82. The Hall–Kier alpha value is -2.93. The number of aromatic nitrogens is 1. The van der Waals surface area contributed by atoms with Crippen LogP contribution in [0.25, 0.3) is 33.2 Å². The largest absolute Gasteiger partial charge is 0.213 e. The molecule has 1 heterocycles. The lowest BCUT2D eigenvalue weighted by Gasteiger charge is -2.24. The van der Waals surface area contributed by atoms with Crippen molar-refractivity contribution in [3.63, 3.8) is 0 Å². The second kappa shape index (κ2) is 9.61. The molecule has 2 aliphatic rings. The van der Waals surface area contributed by atoms with E-state index in [1.807, 2.05) is 0 Å². The zero-order valence-corrected chi connectivity index (χ0v) is 21.4. The van der Waals surface area contributed by atoms with E-state index in [9.17, 15) is 0 Å². The summed E-state index contributed by atoms with van der Waals surface area (Å²) in [6, 6.07) is 25.7. The first-order valence-corrected chi connectivity index (χ1v) is 13.8. The molecule has 0 amide bonds. The number of rotatable bonds is 4. The minimum Gasteiger partial charge on any atom is -0.201 e. The molecule has 2 saturated carbocycles. The number of aryl methyl sites for hydroxylation is 2. The summed E-state index contributed by atoms with van der Waals surface area (Å²) in [5.74, 6) is 1.43. The van der Waals surface area contributed by atoms with E-state index in [4.69, 9.17) is 0 Å². The highest BCUT2D eigenvalue weighted by atomic mass is 14.9. The minimum atomic E-state index is 0.663. The van der Waals surface area contributed by atoms with E-state index in [1.165, 1.54) is 102 Å². The van der Waals surface area contributed by atoms with Gasteiger partial charge in [-0.1, -0.05) is 80.6 Å². The molecule has 0 saturated heterocycles. The van der Waals surface area contributed by atoms with Crippen LogP contribution in [0.4, 0.5) is 0 Å². The summed E-state index contributed by atoms with van der Waals surface area (Å²) >= 11 is 0. The highest BCUT2D eigenvalue weighted by molar-refractivity contribution is 5.89. The van der Waals surface area contributed by atoms with Crippen molar-refractivity contribution in [1.82, 2.24) is 0 Å². The second-order valence-electron chi connectivity index (χ2n) is 11.1. The molecule has 1 heteroatoms. The van der Waals surface area contributed by atoms with E-state index in [1.54, 1.807) is 5.56 Å². The van der Waals surface area contributed by atoms with Crippen LogP contribution in [0.5, 0.6) is 0 Å². The second-order valence-corrected chi connectivity index (χ2v) is 11.1. The van der Waals surface area contributed by atoms with Gasteiger partial charge in [-0.05, 0) is 89.6 Å². The van der Waals surface area contributed by atoms with Crippen LogP contribution in [0.1, 0.15) is 86.3 Å². The number of nitrogens with zero attached hydrogens (tertiary/aromatic N) is 1. The van der Waals surface area contributed by atoms with Gasteiger partial charge in [0.15, 0.2) is 6.20 Å². The standard InChI is InChI=1S/C34H38N/c1-24-10-6-9-15-31(24)34-22-32(33(23-35(34)2)26-13-4-3-5-14-26)30-19-18-28-20-27(16-17-29(28)21-30)25-11-7-8-12-25/h6,9-10,15-23,25-26H,3-5,7-8,11-14H2,1-2H3/q+1. The lowest BCUT2D eigenvalue weighted by atomic mass is 9.81. The van der Waals surface area contributed by atoms with Gasteiger partial charge >= 0.3 is 0 Å². The Kier molecular flexibility index (Phi) is 6.19. The molecule has 0 radical (unpaired) electrons. The first-order chi connectivity index (χ1) is 17.2. The fourth-order valence-corrected chi connectivity index (χ4v) is 6.73. The molecule has 2 aliphatic carbocycles. The Balaban J connectivity index is 1.47. The number of hydrogen-bond acceptors (Lipinski definition) is 0. The molecule has 0 unspecified atom stereocenters. The Morgan fingerprint density at radius 1 is 0.657 bits per heavy atom. The molecule has 4 aromatic rings. The molecule has 178 valence electrons. The van der Waals surface area contributed by atoms with Crippen molar-refractivity contribution < 1.29 is 4.57 Å². The topological polar surface area (TPSA) is 3.88 Å². The molecule has 35 heavy (non-hydrogen) atoms. The summed E-state index contributed by atoms with van der Waals surface area (Å²) < 4.78 is 2.37. The maximum absolute atomic E-state index is 2.47. The van der Waals surface area contributed by atoms with Crippen molar-refractivity contribution in [1.29, 1.82) is 0 Å². The quantitative estimate of drug-likeness (QED) is 0.267. The van der Waals surface area contributed by atoms with Gasteiger partial charge in [0.2, 0.25) is 5.69 Å². The fraction of sp³-hybridized carbons (Fsp3) is 0.382. The first kappa shape index (κ1) is 22.5. The molecule has 3 aromatic carbocycles. The van der Waals surface area contributed by atoms with Crippen molar-refractivity contribution >= 4 is 10.8 Å². The summed E-state index contributed by atoms with van der Waals surface area (Å²) in [7, 11) is 2.23.